The van der Waals surface area contributed by atoms with Crippen LogP contribution in [0.15, 0.2) is 36.4 Å². The van der Waals surface area contributed by atoms with Gasteiger partial charge in [0.05, 0.1) is 11.5 Å². The second kappa shape index (κ2) is 6.12. The number of hydrogen-bond acceptors (Lipinski definition) is 3. The fraction of sp³-hybridized carbons (Fsp3) is 0.438. The van der Waals surface area contributed by atoms with E-state index < -0.39 is 9.84 Å². The van der Waals surface area contributed by atoms with E-state index in [1.54, 1.807) is 4.90 Å². The molecular weight excluding hydrogens is 300 g/mol. The van der Waals surface area contributed by atoms with E-state index in [2.05, 4.69) is 23.5 Å². The summed E-state index contributed by atoms with van der Waals surface area (Å²) in [6.45, 7) is 1.22. The first-order valence-electron chi connectivity index (χ1n) is 7.54. The Bertz CT molecular complexity index is 683. The third-order valence-corrected chi connectivity index (χ3v) is 5.97. The first kappa shape index (κ1) is 15.1. The van der Waals surface area contributed by atoms with Crippen LogP contribution in [-0.2, 0) is 9.84 Å². The smallest absolute Gasteiger partial charge is 0.317 e. The highest BCUT2D eigenvalue weighted by atomic mass is 32.2. The van der Waals surface area contributed by atoms with Crippen molar-refractivity contribution in [3.63, 3.8) is 0 Å². The van der Waals surface area contributed by atoms with E-state index in [0.717, 1.165) is 6.42 Å². The topological polar surface area (TPSA) is 66.5 Å². The molecule has 0 spiro atoms. The van der Waals surface area contributed by atoms with E-state index in [9.17, 15) is 13.2 Å². The van der Waals surface area contributed by atoms with Crippen molar-refractivity contribution in [1.82, 2.24) is 10.2 Å². The Labute approximate surface area is 130 Å². The van der Waals surface area contributed by atoms with Crippen LogP contribution >= 0.6 is 0 Å². The summed E-state index contributed by atoms with van der Waals surface area (Å²) in [6.07, 6.45) is 3.41. The van der Waals surface area contributed by atoms with Crippen LogP contribution in [0.4, 0.5) is 4.79 Å². The standard InChI is InChI=1S/C16H20N2O3S/c19-16(17-15-8-11-22(20,21)12-15)18-9-6-14(7-10-18)13-4-2-1-3-5-13/h1-6,15H,7-12H2,(H,17,19)/t15-/m1/s1. The Hall–Kier alpha value is -1.82. The number of sulfone groups is 1. The van der Waals surface area contributed by atoms with Crippen LogP contribution in [0.1, 0.15) is 18.4 Å². The molecule has 1 saturated heterocycles. The van der Waals surface area contributed by atoms with Gasteiger partial charge >= 0.3 is 6.03 Å². The summed E-state index contributed by atoms with van der Waals surface area (Å²) < 4.78 is 22.8. The Morgan fingerprint density at radius 1 is 1.23 bits per heavy atom. The maximum absolute atomic E-state index is 12.2. The number of amides is 2. The molecule has 3 rings (SSSR count). The zero-order valence-corrected chi connectivity index (χ0v) is 13.2. The number of carbonyl (C=O) groups is 1. The van der Waals surface area contributed by atoms with Crippen LogP contribution in [0.25, 0.3) is 5.57 Å². The fourth-order valence-electron chi connectivity index (χ4n) is 2.94. The summed E-state index contributed by atoms with van der Waals surface area (Å²) in [5, 5.41) is 2.84. The Kier molecular flexibility index (Phi) is 4.20. The van der Waals surface area contributed by atoms with Gasteiger partial charge in [-0.3, -0.25) is 0 Å². The van der Waals surface area contributed by atoms with Crippen molar-refractivity contribution in [3.05, 3.63) is 42.0 Å². The highest BCUT2D eigenvalue weighted by molar-refractivity contribution is 7.91. The van der Waals surface area contributed by atoms with Gasteiger partial charge in [-0.2, -0.15) is 0 Å². The molecule has 1 aromatic rings. The number of carbonyl (C=O) groups excluding carboxylic acids is 1. The van der Waals surface area contributed by atoms with Gasteiger partial charge in [-0.15, -0.1) is 0 Å². The van der Waals surface area contributed by atoms with Gasteiger partial charge < -0.3 is 10.2 Å². The molecule has 1 aromatic carbocycles. The van der Waals surface area contributed by atoms with Crippen molar-refractivity contribution in [2.45, 2.75) is 18.9 Å². The maximum atomic E-state index is 12.2. The van der Waals surface area contributed by atoms with E-state index in [4.69, 9.17) is 0 Å². The number of nitrogens with one attached hydrogen (secondary N) is 1. The number of benzene rings is 1. The molecular formula is C16H20N2O3S. The van der Waals surface area contributed by atoms with Crippen molar-refractivity contribution in [1.29, 1.82) is 0 Å². The van der Waals surface area contributed by atoms with Crippen LogP contribution in [0.3, 0.4) is 0 Å². The highest BCUT2D eigenvalue weighted by Crippen LogP contribution is 2.22. The molecule has 2 amide bonds. The molecule has 0 unspecified atom stereocenters. The van der Waals surface area contributed by atoms with Crippen molar-refractivity contribution >= 4 is 21.4 Å². The predicted octanol–water partition coefficient (Wildman–Crippen LogP) is 1.67. The van der Waals surface area contributed by atoms with E-state index in [0.29, 0.717) is 19.5 Å². The molecule has 2 aliphatic heterocycles. The maximum Gasteiger partial charge on any atom is 0.317 e. The van der Waals surface area contributed by atoms with E-state index in [-0.39, 0.29) is 23.6 Å². The number of nitrogens with zero attached hydrogens (tertiary/aromatic N) is 1. The van der Waals surface area contributed by atoms with Gasteiger partial charge in [0.15, 0.2) is 9.84 Å². The second-order valence-corrected chi connectivity index (χ2v) is 8.07. The van der Waals surface area contributed by atoms with Crippen molar-refractivity contribution in [2.24, 2.45) is 0 Å². The second-order valence-electron chi connectivity index (χ2n) is 5.84. The SMILES string of the molecule is O=C(N[C@@H]1CCS(=O)(=O)C1)N1CC=C(c2ccccc2)CC1. The van der Waals surface area contributed by atoms with E-state index in [1.807, 2.05) is 18.2 Å². The highest BCUT2D eigenvalue weighted by Gasteiger charge is 2.30. The average molecular weight is 320 g/mol. The summed E-state index contributed by atoms with van der Waals surface area (Å²) in [4.78, 5) is 13.9. The Morgan fingerprint density at radius 3 is 2.59 bits per heavy atom. The summed E-state index contributed by atoms with van der Waals surface area (Å²) >= 11 is 0. The summed E-state index contributed by atoms with van der Waals surface area (Å²) in [5.41, 5.74) is 2.46. The lowest BCUT2D eigenvalue weighted by Gasteiger charge is -2.28. The van der Waals surface area contributed by atoms with Crippen LogP contribution in [0.2, 0.25) is 0 Å². The van der Waals surface area contributed by atoms with Crippen LogP contribution < -0.4 is 5.32 Å². The zero-order chi connectivity index (χ0) is 15.6. The van der Waals surface area contributed by atoms with Gasteiger partial charge in [0.25, 0.3) is 0 Å². The third kappa shape index (κ3) is 3.50. The Morgan fingerprint density at radius 2 is 2.00 bits per heavy atom. The van der Waals surface area contributed by atoms with Gasteiger partial charge in [-0.1, -0.05) is 36.4 Å². The monoisotopic (exact) mass is 320 g/mol. The number of urea groups is 1. The third-order valence-electron chi connectivity index (χ3n) is 4.20. The lowest BCUT2D eigenvalue weighted by Crippen LogP contribution is -2.46. The quantitative estimate of drug-likeness (QED) is 0.901. The minimum Gasteiger partial charge on any atom is -0.334 e. The molecule has 1 N–H and O–H groups in total. The molecule has 0 bridgehead atoms. The van der Waals surface area contributed by atoms with Crippen molar-refractivity contribution in [2.75, 3.05) is 24.6 Å². The molecule has 0 saturated carbocycles. The first-order valence-corrected chi connectivity index (χ1v) is 9.36. The van der Waals surface area contributed by atoms with Crippen molar-refractivity contribution < 1.29 is 13.2 Å². The predicted molar refractivity (Wildman–Crippen MR) is 86.2 cm³/mol. The molecule has 2 aliphatic rings. The lowest BCUT2D eigenvalue weighted by atomic mass is 10.00. The molecule has 0 radical (unpaired) electrons. The summed E-state index contributed by atoms with van der Waals surface area (Å²) in [6, 6.07) is 9.76. The Balaban J connectivity index is 1.57. The molecule has 2 heterocycles. The van der Waals surface area contributed by atoms with Crippen LogP contribution in [0, 0.1) is 0 Å². The number of hydrogen-bond donors (Lipinski definition) is 1. The van der Waals surface area contributed by atoms with Gasteiger partial charge in [0.2, 0.25) is 0 Å². The molecule has 0 aliphatic carbocycles. The fourth-order valence-corrected chi connectivity index (χ4v) is 4.62. The summed E-state index contributed by atoms with van der Waals surface area (Å²) in [7, 11) is -2.96. The molecule has 5 nitrogen and oxygen atoms in total. The van der Waals surface area contributed by atoms with Crippen LogP contribution in [-0.4, -0.2) is 50.0 Å². The molecule has 0 aromatic heterocycles. The first-order chi connectivity index (χ1) is 10.5. The average Bonchev–Trinajstić information content (AvgIpc) is 2.87. The van der Waals surface area contributed by atoms with E-state index in [1.165, 1.54) is 11.1 Å². The largest absolute Gasteiger partial charge is 0.334 e. The van der Waals surface area contributed by atoms with Crippen molar-refractivity contribution in [3.8, 4) is 0 Å². The van der Waals surface area contributed by atoms with Gasteiger partial charge in [-0.25, -0.2) is 13.2 Å². The minimum atomic E-state index is -2.96. The molecule has 1 atom stereocenters. The van der Waals surface area contributed by atoms with Gasteiger partial charge in [-0.05, 0) is 24.0 Å². The van der Waals surface area contributed by atoms with E-state index >= 15 is 0 Å². The van der Waals surface area contributed by atoms with Gasteiger partial charge in [0.1, 0.15) is 0 Å². The molecule has 1 fully saturated rings. The normalized spacial score (nSPS) is 23.9. The zero-order valence-electron chi connectivity index (χ0n) is 12.4. The molecule has 118 valence electrons. The molecule has 6 heteroatoms. The summed E-state index contributed by atoms with van der Waals surface area (Å²) in [5.74, 6) is 0.244. The van der Waals surface area contributed by atoms with Crippen LogP contribution in [0.5, 0.6) is 0 Å². The lowest BCUT2D eigenvalue weighted by molar-refractivity contribution is 0.200. The molecule has 22 heavy (non-hydrogen) atoms. The van der Waals surface area contributed by atoms with Gasteiger partial charge in [0, 0.05) is 19.1 Å². The number of rotatable bonds is 2. The minimum absolute atomic E-state index is 0.0671.